The molecule has 10 heteroatoms. The molecule has 0 spiro atoms. The zero-order valence-electron chi connectivity index (χ0n) is 18.1. The molecular weight excluding hydrogens is 404 g/mol. The van der Waals surface area contributed by atoms with Gasteiger partial charge in [0.1, 0.15) is 12.4 Å². The number of unbranched alkanes of at least 4 members (excludes halogenated alkanes) is 1. The lowest BCUT2D eigenvalue weighted by molar-refractivity contribution is 0.0459. The highest BCUT2D eigenvalue weighted by molar-refractivity contribution is 5.90. The van der Waals surface area contributed by atoms with Gasteiger partial charge in [0.05, 0.1) is 19.3 Å². The number of carbonyl (C=O) groups excluding carboxylic acids is 1. The number of aromatic nitrogens is 4. The van der Waals surface area contributed by atoms with Crippen LogP contribution in [0.3, 0.4) is 0 Å². The molecule has 166 valence electrons. The molecule has 10 nitrogen and oxygen atoms in total. The Morgan fingerprint density at radius 1 is 1.19 bits per heavy atom. The van der Waals surface area contributed by atoms with Gasteiger partial charge in [0.25, 0.3) is 5.56 Å². The number of fused-ring (bicyclic) bond motifs is 1. The van der Waals surface area contributed by atoms with Crippen LogP contribution in [0, 0.1) is 0 Å². The second kappa shape index (κ2) is 9.50. The van der Waals surface area contributed by atoms with E-state index in [0.717, 1.165) is 12.8 Å². The minimum Gasteiger partial charge on any atom is -0.493 e. The van der Waals surface area contributed by atoms with Gasteiger partial charge in [-0.25, -0.2) is 14.6 Å². The number of nitrogens with zero attached hydrogens (tertiary/aromatic N) is 3. The number of hydrogen-bond donors (Lipinski definition) is 1. The predicted octanol–water partition coefficient (Wildman–Crippen LogP) is 1.99. The quantitative estimate of drug-likeness (QED) is 0.516. The molecule has 0 aliphatic rings. The Balaban J connectivity index is 1.87. The lowest BCUT2D eigenvalue weighted by Gasteiger charge is -2.11. The fraction of sp³-hybridized carbons (Fsp3) is 0.429. The number of benzene rings is 1. The zero-order valence-corrected chi connectivity index (χ0v) is 18.1. The van der Waals surface area contributed by atoms with Crippen molar-refractivity contribution in [2.24, 2.45) is 7.05 Å². The molecule has 3 aromatic rings. The normalized spacial score (nSPS) is 11.0. The van der Waals surface area contributed by atoms with E-state index < -0.39 is 17.2 Å². The molecule has 3 rings (SSSR count). The van der Waals surface area contributed by atoms with Gasteiger partial charge < -0.3 is 18.8 Å². The number of rotatable bonds is 9. The molecule has 2 aromatic heterocycles. The zero-order chi connectivity index (χ0) is 22.5. The third-order valence-corrected chi connectivity index (χ3v) is 4.87. The van der Waals surface area contributed by atoms with Crippen molar-refractivity contribution in [1.82, 2.24) is 19.1 Å². The van der Waals surface area contributed by atoms with E-state index in [0.29, 0.717) is 36.0 Å². The van der Waals surface area contributed by atoms with E-state index in [-0.39, 0.29) is 17.8 Å². The summed E-state index contributed by atoms with van der Waals surface area (Å²) in [5.41, 5.74) is -0.213. The standard InChI is InChI=1S/C21H26N4O6/c1-5-7-10-25-18-17(19(26)23-21(25)28)24(3)16(22-18)12-31-20(27)13-8-9-14(29-4)15(11-13)30-6-2/h8-9,11H,5-7,10,12H2,1-4H3,(H,23,26,28). The molecule has 0 atom stereocenters. The molecule has 0 aliphatic heterocycles. The minimum atomic E-state index is -0.576. The first-order valence-electron chi connectivity index (χ1n) is 10.1. The number of H-pyrrole nitrogens is 1. The number of esters is 1. The second-order valence-corrected chi connectivity index (χ2v) is 6.90. The molecule has 0 aliphatic carbocycles. The molecule has 0 fully saturated rings. The van der Waals surface area contributed by atoms with Crippen molar-refractivity contribution in [1.29, 1.82) is 0 Å². The molecule has 1 N–H and O–H groups in total. The maximum Gasteiger partial charge on any atom is 0.338 e. The molecule has 1 aromatic carbocycles. The van der Waals surface area contributed by atoms with Crippen LogP contribution in [0.5, 0.6) is 11.5 Å². The van der Waals surface area contributed by atoms with E-state index in [2.05, 4.69) is 9.97 Å². The van der Waals surface area contributed by atoms with Crippen LogP contribution in [0.25, 0.3) is 11.2 Å². The second-order valence-electron chi connectivity index (χ2n) is 6.90. The molecular formula is C21H26N4O6. The van der Waals surface area contributed by atoms with E-state index in [4.69, 9.17) is 14.2 Å². The summed E-state index contributed by atoms with van der Waals surface area (Å²) in [4.78, 5) is 43.8. The highest BCUT2D eigenvalue weighted by Gasteiger charge is 2.18. The summed E-state index contributed by atoms with van der Waals surface area (Å²) in [5, 5.41) is 0. The summed E-state index contributed by atoms with van der Waals surface area (Å²) < 4.78 is 19.1. The molecule has 0 amide bonds. The highest BCUT2D eigenvalue weighted by atomic mass is 16.5. The summed E-state index contributed by atoms with van der Waals surface area (Å²) in [7, 11) is 3.16. The number of methoxy groups -OCH3 is 1. The van der Waals surface area contributed by atoms with Crippen molar-refractivity contribution in [3.05, 3.63) is 50.4 Å². The number of aromatic amines is 1. The highest BCUT2D eigenvalue weighted by Crippen LogP contribution is 2.28. The number of hydrogen-bond acceptors (Lipinski definition) is 7. The van der Waals surface area contributed by atoms with Crippen LogP contribution in [0.1, 0.15) is 42.9 Å². The number of aryl methyl sites for hydroxylation is 2. The van der Waals surface area contributed by atoms with E-state index in [1.54, 1.807) is 25.2 Å². The smallest absolute Gasteiger partial charge is 0.338 e. The fourth-order valence-corrected chi connectivity index (χ4v) is 3.23. The third-order valence-electron chi connectivity index (χ3n) is 4.87. The molecule has 0 bridgehead atoms. The van der Waals surface area contributed by atoms with Crippen LogP contribution >= 0.6 is 0 Å². The van der Waals surface area contributed by atoms with Crippen LogP contribution in [-0.2, 0) is 24.9 Å². The van der Waals surface area contributed by atoms with Crippen molar-refractivity contribution < 1.29 is 19.0 Å². The van der Waals surface area contributed by atoms with Gasteiger partial charge in [-0.15, -0.1) is 0 Å². The minimum absolute atomic E-state index is 0.165. The van der Waals surface area contributed by atoms with Gasteiger partial charge in [-0.3, -0.25) is 14.3 Å². The summed E-state index contributed by atoms with van der Waals surface area (Å²) >= 11 is 0. The first kappa shape index (κ1) is 22.1. The van der Waals surface area contributed by atoms with Gasteiger partial charge in [-0.05, 0) is 31.5 Å². The third kappa shape index (κ3) is 4.47. The largest absolute Gasteiger partial charge is 0.493 e. The van der Waals surface area contributed by atoms with Crippen LogP contribution in [0.15, 0.2) is 27.8 Å². The molecule has 31 heavy (non-hydrogen) atoms. The van der Waals surface area contributed by atoms with Gasteiger partial charge in [0, 0.05) is 13.6 Å². The van der Waals surface area contributed by atoms with E-state index in [1.807, 2.05) is 13.8 Å². The van der Waals surface area contributed by atoms with Crippen molar-refractivity contribution >= 4 is 17.1 Å². The first-order chi connectivity index (χ1) is 14.9. The van der Waals surface area contributed by atoms with E-state index in [1.165, 1.54) is 16.2 Å². The van der Waals surface area contributed by atoms with Crippen molar-refractivity contribution in [2.45, 2.75) is 39.8 Å². The van der Waals surface area contributed by atoms with Crippen LogP contribution in [0.2, 0.25) is 0 Å². The summed E-state index contributed by atoms with van der Waals surface area (Å²) in [5.74, 6) is 0.725. The van der Waals surface area contributed by atoms with E-state index in [9.17, 15) is 14.4 Å². The van der Waals surface area contributed by atoms with Crippen LogP contribution in [-0.4, -0.2) is 38.8 Å². The lowest BCUT2D eigenvalue weighted by atomic mass is 10.2. The van der Waals surface area contributed by atoms with Gasteiger partial charge >= 0.3 is 11.7 Å². The average molecular weight is 430 g/mol. The van der Waals surface area contributed by atoms with Gasteiger partial charge in [-0.1, -0.05) is 13.3 Å². The number of carbonyl (C=O) groups is 1. The Hall–Kier alpha value is -3.56. The molecule has 0 saturated carbocycles. The Kier molecular flexibility index (Phi) is 6.78. The number of ether oxygens (including phenoxy) is 3. The summed E-state index contributed by atoms with van der Waals surface area (Å²) in [6.07, 6.45) is 1.65. The predicted molar refractivity (Wildman–Crippen MR) is 114 cm³/mol. The van der Waals surface area contributed by atoms with Crippen molar-refractivity contribution in [3.8, 4) is 11.5 Å². The van der Waals surface area contributed by atoms with Gasteiger partial charge in [0.15, 0.2) is 22.7 Å². The van der Waals surface area contributed by atoms with Crippen molar-refractivity contribution in [2.75, 3.05) is 13.7 Å². The van der Waals surface area contributed by atoms with Crippen molar-refractivity contribution in [3.63, 3.8) is 0 Å². The van der Waals surface area contributed by atoms with Gasteiger partial charge in [-0.2, -0.15) is 0 Å². The Labute approximate surface area is 178 Å². The SMILES string of the molecule is CCCCn1c(=O)[nH]c(=O)c2c1nc(COC(=O)c1ccc(OC)c(OCC)c1)n2C. The molecule has 2 heterocycles. The molecule has 0 radical (unpaired) electrons. The summed E-state index contributed by atoms with van der Waals surface area (Å²) in [6.45, 7) is 4.53. The molecule has 0 unspecified atom stereocenters. The maximum absolute atomic E-state index is 12.6. The summed E-state index contributed by atoms with van der Waals surface area (Å²) in [6, 6.07) is 4.75. The topological polar surface area (TPSA) is 117 Å². The van der Waals surface area contributed by atoms with Crippen LogP contribution < -0.4 is 20.7 Å². The number of nitrogens with one attached hydrogen (secondary N) is 1. The van der Waals surface area contributed by atoms with E-state index >= 15 is 0 Å². The van der Waals surface area contributed by atoms with Crippen LogP contribution in [0.4, 0.5) is 0 Å². The fourth-order valence-electron chi connectivity index (χ4n) is 3.23. The molecule has 0 saturated heterocycles. The Morgan fingerprint density at radius 2 is 1.97 bits per heavy atom. The van der Waals surface area contributed by atoms with Gasteiger partial charge in [0.2, 0.25) is 0 Å². The maximum atomic E-state index is 12.6. The number of imidazole rings is 1. The average Bonchev–Trinajstić information content (AvgIpc) is 3.08. The first-order valence-corrected chi connectivity index (χ1v) is 10.1. The lowest BCUT2D eigenvalue weighted by Crippen LogP contribution is -2.31. The monoisotopic (exact) mass is 430 g/mol. The Bertz CT molecular complexity index is 1210. The Morgan fingerprint density at radius 3 is 2.65 bits per heavy atom.